The number of fused-ring (bicyclic) bond motifs is 1. The van der Waals surface area contributed by atoms with Crippen LogP contribution in [0.15, 0.2) is 18.2 Å². The molecule has 3 nitrogen and oxygen atoms in total. The quantitative estimate of drug-likeness (QED) is 0.786. The van der Waals surface area contributed by atoms with Gasteiger partial charge in [0.05, 0.1) is 10.9 Å². The van der Waals surface area contributed by atoms with Gasteiger partial charge in [-0.1, -0.05) is 17.7 Å². The van der Waals surface area contributed by atoms with Crippen LogP contribution in [0.1, 0.15) is 19.9 Å². The van der Waals surface area contributed by atoms with Crippen LogP contribution in [0.25, 0.3) is 10.9 Å². The summed E-state index contributed by atoms with van der Waals surface area (Å²) in [7, 11) is 0. The lowest BCUT2D eigenvalue weighted by Gasteiger charge is -2.05. The number of phenols is 1. The number of benzene rings is 1. The van der Waals surface area contributed by atoms with E-state index in [9.17, 15) is 5.11 Å². The van der Waals surface area contributed by atoms with E-state index < -0.39 is 0 Å². The molecule has 0 amide bonds. The monoisotopic (exact) mass is 210 g/mol. The maximum absolute atomic E-state index is 9.61. The first-order chi connectivity index (χ1) is 6.61. The van der Waals surface area contributed by atoms with Gasteiger partial charge in [0.25, 0.3) is 0 Å². The smallest absolute Gasteiger partial charge is 0.138 e. The predicted octanol–water partition coefficient (Wildman–Crippen LogP) is 2.98. The van der Waals surface area contributed by atoms with Gasteiger partial charge in [-0.05, 0) is 26.0 Å². The van der Waals surface area contributed by atoms with Crippen molar-refractivity contribution in [3.63, 3.8) is 0 Å². The second-order valence-electron chi connectivity index (χ2n) is 3.50. The van der Waals surface area contributed by atoms with Crippen LogP contribution in [-0.4, -0.2) is 14.9 Å². The normalized spacial score (nSPS) is 11.4. The Morgan fingerprint density at radius 1 is 1.43 bits per heavy atom. The third kappa shape index (κ3) is 1.24. The first-order valence-electron chi connectivity index (χ1n) is 4.47. The number of hydrogen-bond donors (Lipinski definition) is 1. The molecule has 2 rings (SSSR count). The molecule has 0 aliphatic carbocycles. The lowest BCUT2D eigenvalue weighted by molar-refractivity contribution is 0.481. The van der Waals surface area contributed by atoms with Crippen LogP contribution in [-0.2, 0) is 0 Å². The summed E-state index contributed by atoms with van der Waals surface area (Å²) < 4.78 is 1.70. The molecule has 0 aliphatic heterocycles. The van der Waals surface area contributed by atoms with Crippen LogP contribution in [0.4, 0.5) is 0 Å². The van der Waals surface area contributed by atoms with Crippen LogP contribution in [0.2, 0.25) is 5.15 Å². The fraction of sp³-hybridized carbons (Fsp3) is 0.300. The van der Waals surface area contributed by atoms with E-state index in [0.29, 0.717) is 10.5 Å². The zero-order valence-corrected chi connectivity index (χ0v) is 8.78. The molecule has 0 atom stereocenters. The largest absolute Gasteiger partial charge is 0.507 e. The van der Waals surface area contributed by atoms with Gasteiger partial charge < -0.3 is 5.11 Å². The van der Waals surface area contributed by atoms with Crippen LogP contribution in [0.3, 0.4) is 0 Å². The standard InChI is InChI=1S/C10H11ClN2O/c1-6(2)13-10(11)9-7(12-13)4-3-5-8(9)14/h3-6,14H,1-2H3. The lowest BCUT2D eigenvalue weighted by Crippen LogP contribution is -2.01. The molecule has 2 aromatic rings. The number of hydrogen-bond acceptors (Lipinski definition) is 2. The van der Waals surface area contributed by atoms with Crippen molar-refractivity contribution in [1.82, 2.24) is 9.78 Å². The van der Waals surface area contributed by atoms with E-state index in [0.717, 1.165) is 5.52 Å². The van der Waals surface area contributed by atoms with E-state index in [1.165, 1.54) is 0 Å². The lowest BCUT2D eigenvalue weighted by atomic mass is 10.2. The van der Waals surface area contributed by atoms with Crippen LogP contribution in [0.5, 0.6) is 5.75 Å². The minimum absolute atomic E-state index is 0.180. The highest BCUT2D eigenvalue weighted by Crippen LogP contribution is 2.32. The van der Waals surface area contributed by atoms with E-state index >= 15 is 0 Å². The number of aromatic hydroxyl groups is 1. The third-order valence-corrected chi connectivity index (χ3v) is 2.49. The van der Waals surface area contributed by atoms with Gasteiger partial charge in [0.1, 0.15) is 10.9 Å². The SMILES string of the molecule is CC(C)n1nc2cccc(O)c2c1Cl. The van der Waals surface area contributed by atoms with Gasteiger partial charge in [-0.15, -0.1) is 0 Å². The van der Waals surface area contributed by atoms with Gasteiger partial charge >= 0.3 is 0 Å². The second kappa shape index (κ2) is 3.17. The maximum atomic E-state index is 9.61. The number of phenolic OH excluding ortho intramolecular Hbond substituents is 1. The van der Waals surface area contributed by atoms with Crippen molar-refractivity contribution in [3.05, 3.63) is 23.4 Å². The zero-order chi connectivity index (χ0) is 10.3. The molecular weight excluding hydrogens is 200 g/mol. The predicted molar refractivity (Wildman–Crippen MR) is 56.8 cm³/mol. The van der Waals surface area contributed by atoms with Crippen LogP contribution in [0, 0.1) is 0 Å². The van der Waals surface area contributed by atoms with E-state index in [1.54, 1.807) is 16.8 Å². The molecular formula is C10H11ClN2O. The molecule has 4 heteroatoms. The Morgan fingerprint density at radius 2 is 2.14 bits per heavy atom. The van der Waals surface area contributed by atoms with E-state index in [4.69, 9.17) is 11.6 Å². The molecule has 74 valence electrons. The molecule has 14 heavy (non-hydrogen) atoms. The molecule has 0 unspecified atom stereocenters. The minimum Gasteiger partial charge on any atom is -0.507 e. The minimum atomic E-state index is 0.180. The van der Waals surface area contributed by atoms with Crippen molar-refractivity contribution in [2.45, 2.75) is 19.9 Å². The van der Waals surface area contributed by atoms with Crippen LogP contribution >= 0.6 is 11.6 Å². The first-order valence-corrected chi connectivity index (χ1v) is 4.84. The summed E-state index contributed by atoms with van der Waals surface area (Å²) in [6.07, 6.45) is 0. The molecule has 1 N–H and O–H groups in total. The van der Waals surface area contributed by atoms with Crippen molar-refractivity contribution in [2.24, 2.45) is 0 Å². The first kappa shape index (κ1) is 9.34. The van der Waals surface area contributed by atoms with Gasteiger partial charge in [0, 0.05) is 6.04 Å². The Kier molecular flexibility index (Phi) is 2.11. The molecule has 1 heterocycles. The van der Waals surface area contributed by atoms with Crippen molar-refractivity contribution in [3.8, 4) is 5.75 Å². The number of nitrogens with zero attached hydrogens (tertiary/aromatic N) is 2. The average molecular weight is 211 g/mol. The Hall–Kier alpha value is -1.22. The van der Waals surface area contributed by atoms with E-state index in [-0.39, 0.29) is 11.8 Å². The average Bonchev–Trinajstić information content (AvgIpc) is 2.45. The summed E-state index contributed by atoms with van der Waals surface area (Å²) >= 11 is 6.10. The maximum Gasteiger partial charge on any atom is 0.138 e. The summed E-state index contributed by atoms with van der Waals surface area (Å²) in [6.45, 7) is 3.99. The van der Waals surface area contributed by atoms with Gasteiger partial charge in [-0.25, -0.2) is 0 Å². The Bertz CT molecular complexity index is 476. The molecule has 0 bridgehead atoms. The molecule has 0 fully saturated rings. The fourth-order valence-electron chi connectivity index (χ4n) is 1.44. The van der Waals surface area contributed by atoms with Crippen molar-refractivity contribution >= 4 is 22.5 Å². The molecule has 0 spiro atoms. The molecule has 0 radical (unpaired) electrons. The van der Waals surface area contributed by atoms with Crippen molar-refractivity contribution in [2.75, 3.05) is 0 Å². The molecule has 1 aromatic carbocycles. The molecule has 1 aromatic heterocycles. The third-order valence-electron chi connectivity index (χ3n) is 2.13. The molecule has 0 aliphatic rings. The number of halogens is 1. The Balaban J connectivity index is 2.81. The van der Waals surface area contributed by atoms with Crippen molar-refractivity contribution < 1.29 is 5.11 Å². The van der Waals surface area contributed by atoms with Gasteiger partial charge in [-0.2, -0.15) is 5.10 Å². The van der Waals surface area contributed by atoms with Crippen molar-refractivity contribution in [1.29, 1.82) is 0 Å². The summed E-state index contributed by atoms with van der Waals surface area (Å²) in [5.74, 6) is 0.180. The summed E-state index contributed by atoms with van der Waals surface area (Å²) in [5.41, 5.74) is 0.726. The highest BCUT2D eigenvalue weighted by molar-refractivity contribution is 6.35. The van der Waals surface area contributed by atoms with Gasteiger partial charge in [-0.3, -0.25) is 4.68 Å². The molecule has 0 saturated heterocycles. The highest BCUT2D eigenvalue weighted by Gasteiger charge is 2.13. The summed E-state index contributed by atoms with van der Waals surface area (Å²) in [5, 5.41) is 15.0. The van der Waals surface area contributed by atoms with Crippen LogP contribution < -0.4 is 0 Å². The fourth-order valence-corrected chi connectivity index (χ4v) is 1.87. The van der Waals surface area contributed by atoms with E-state index in [1.807, 2.05) is 19.9 Å². The Labute approximate surface area is 86.9 Å². The van der Waals surface area contributed by atoms with Gasteiger partial charge in [0.2, 0.25) is 0 Å². The van der Waals surface area contributed by atoms with E-state index in [2.05, 4.69) is 5.10 Å². The second-order valence-corrected chi connectivity index (χ2v) is 3.86. The zero-order valence-electron chi connectivity index (χ0n) is 8.03. The number of aromatic nitrogens is 2. The number of rotatable bonds is 1. The molecule has 0 saturated carbocycles. The Morgan fingerprint density at radius 3 is 2.71 bits per heavy atom. The highest BCUT2D eigenvalue weighted by atomic mass is 35.5. The summed E-state index contributed by atoms with van der Waals surface area (Å²) in [6, 6.07) is 5.39. The van der Waals surface area contributed by atoms with Gasteiger partial charge in [0.15, 0.2) is 0 Å². The topological polar surface area (TPSA) is 38.0 Å². The summed E-state index contributed by atoms with van der Waals surface area (Å²) in [4.78, 5) is 0.